The van der Waals surface area contributed by atoms with E-state index in [9.17, 15) is 4.79 Å². The average molecular weight is 268 g/mol. The van der Waals surface area contributed by atoms with Gasteiger partial charge in [-0.3, -0.25) is 4.90 Å². The van der Waals surface area contributed by atoms with Crippen molar-refractivity contribution in [2.75, 3.05) is 23.3 Å². The standard InChI is InChI=1S/C16H16N2O2/c1-12-6-8-13(9-7-12)20-16(19)18-11-10-17-14-4-2-3-5-15(14)18/h2-9,17H,10-11H2,1H3. The molecule has 20 heavy (non-hydrogen) atoms. The van der Waals surface area contributed by atoms with Gasteiger partial charge in [-0.1, -0.05) is 29.8 Å². The molecule has 0 saturated carbocycles. The van der Waals surface area contributed by atoms with Crippen molar-refractivity contribution >= 4 is 17.5 Å². The third-order valence-electron chi connectivity index (χ3n) is 3.29. The lowest BCUT2D eigenvalue weighted by molar-refractivity contribution is 0.207. The van der Waals surface area contributed by atoms with Gasteiger partial charge in [0.2, 0.25) is 0 Å². The molecule has 0 fully saturated rings. The monoisotopic (exact) mass is 268 g/mol. The quantitative estimate of drug-likeness (QED) is 0.861. The van der Waals surface area contributed by atoms with Crippen LogP contribution in [-0.4, -0.2) is 19.2 Å². The maximum atomic E-state index is 12.3. The zero-order chi connectivity index (χ0) is 13.9. The summed E-state index contributed by atoms with van der Waals surface area (Å²) in [5.41, 5.74) is 2.95. The van der Waals surface area contributed by atoms with Gasteiger partial charge in [0.25, 0.3) is 0 Å². The van der Waals surface area contributed by atoms with E-state index >= 15 is 0 Å². The van der Waals surface area contributed by atoms with Crippen molar-refractivity contribution in [1.82, 2.24) is 0 Å². The predicted octanol–water partition coefficient (Wildman–Crippen LogP) is 3.43. The lowest BCUT2D eigenvalue weighted by Gasteiger charge is -2.29. The summed E-state index contributed by atoms with van der Waals surface area (Å²) in [7, 11) is 0. The molecule has 0 radical (unpaired) electrons. The van der Waals surface area contributed by atoms with Gasteiger partial charge >= 0.3 is 6.09 Å². The summed E-state index contributed by atoms with van der Waals surface area (Å²) in [4.78, 5) is 13.9. The van der Waals surface area contributed by atoms with Crippen LogP contribution < -0.4 is 15.0 Å². The maximum Gasteiger partial charge on any atom is 0.419 e. The van der Waals surface area contributed by atoms with E-state index < -0.39 is 0 Å². The van der Waals surface area contributed by atoms with Crippen LogP contribution in [0.1, 0.15) is 5.56 Å². The number of nitrogens with zero attached hydrogens (tertiary/aromatic N) is 1. The first-order chi connectivity index (χ1) is 9.74. The molecule has 1 heterocycles. The third kappa shape index (κ3) is 2.45. The van der Waals surface area contributed by atoms with E-state index in [0.717, 1.165) is 23.5 Å². The van der Waals surface area contributed by atoms with Crippen LogP contribution in [0.5, 0.6) is 5.75 Å². The predicted molar refractivity (Wildman–Crippen MR) is 79.5 cm³/mol. The van der Waals surface area contributed by atoms with Crippen LogP contribution >= 0.6 is 0 Å². The van der Waals surface area contributed by atoms with E-state index in [1.54, 1.807) is 17.0 Å². The molecule has 0 saturated heterocycles. The summed E-state index contributed by atoms with van der Waals surface area (Å²) >= 11 is 0. The Kier molecular flexibility index (Phi) is 3.29. The molecule has 0 aliphatic carbocycles. The number of carbonyl (C=O) groups excluding carboxylic acids is 1. The second-order valence-electron chi connectivity index (χ2n) is 4.78. The van der Waals surface area contributed by atoms with Crippen LogP contribution in [0.3, 0.4) is 0 Å². The molecule has 3 rings (SSSR count). The summed E-state index contributed by atoms with van der Waals surface area (Å²) in [6.07, 6.45) is -0.345. The Morgan fingerprint density at radius 1 is 1.15 bits per heavy atom. The minimum absolute atomic E-state index is 0.345. The van der Waals surface area contributed by atoms with Gasteiger partial charge in [-0.25, -0.2) is 4.79 Å². The zero-order valence-electron chi connectivity index (χ0n) is 11.3. The molecule has 1 amide bonds. The van der Waals surface area contributed by atoms with Gasteiger partial charge in [0.15, 0.2) is 0 Å². The van der Waals surface area contributed by atoms with Crippen LogP contribution in [-0.2, 0) is 0 Å². The van der Waals surface area contributed by atoms with E-state index in [0.29, 0.717) is 12.3 Å². The van der Waals surface area contributed by atoms with Crippen molar-refractivity contribution in [2.24, 2.45) is 0 Å². The lowest BCUT2D eigenvalue weighted by atomic mass is 10.2. The largest absolute Gasteiger partial charge is 0.419 e. The van der Waals surface area contributed by atoms with Gasteiger partial charge in [0, 0.05) is 13.1 Å². The number of carbonyl (C=O) groups is 1. The van der Waals surface area contributed by atoms with Crippen molar-refractivity contribution in [1.29, 1.82) is 0 Å². The molecule has 0 unspecified atom stereocenters. The van der Waals surface area contributed by atoms with E-state index in [-0.39, 0.29) is 6.09 Å². The van der Waals surface area contributed by atoms with Crippen LogP contribution in [0.15, 0.2) is 48.5 Å². The van der Waals surface area contributed by atoms with Gasteiger partial charge in [-0.2, -0.15) is 0 Å². The van der Waals surface area contributed by atoms with Gasteiger partial charge in [0.05, 0.1) is 11.4 Å². The molecule has 1 N–H and O–H groups in total. The lowest BCUT2D eigenvalue weighted by Crippen LogP contribution is -2.40. The number of hydrogen-bond donors (Lipinski definition) is 1. The summed E-state index contributed by atoms with van der Waals surface area (Å²) in [6.45, 7) is 3.32. The number of para-hydroxylation sites is 2. The van der Waals surface area contributed by atoms with E-state index in [1.807, 2.05) is 43.3 Å². The molecule has 0 atom stereocenters. The SMILES string of the molecule is Cc1ccc(OC(=O)N2CCNc3ccccc32)cc1. The van der Waals surface area contributed by atoms with Crippen LogP contribution in [0, 0.1) is 6.92 Å². The summed E-state index contributed by atoms with van der Waals surface area (Å²) in [5, 5.41) is 3.27. The van der Waals surface area contributed by atoms with Crippen LogP contribution in [0.25, 0.3) is 0 Å². The number of fused-ring (bicyclic) bond motifs is 1. The molecular formula is C16H16N2O2. The van der Waals surface area contributed by atoms with Gasteiger partial charge in [-0.15, -0.1) is 0 Å². The number of ether oxygens (including phenoxy) is 1. The maximum absolute atomic E-state index is 12.3. The van der Waals surface area contributed by atoms with Crippen molar-refractivity contribution in [3.63, 3.8) is 0 Å². The minimum atomic E-state index is -0.345. The topological polar surface area (TPSA) is 41.6 Å². The molecule has 0 aromatic heterocycles. The number of nitrogens with one attached hydrogen (secondary N) is 1. The molecule has 2 aromatic rings. The van der Waals surface area contributed by atoms with Gasteiger partial charge in [0.1, 0.15) is 5.75 Å². The Balaban J connectivity index is 1.80. The fourth-order valence-electron chi connectivity index (χ4n) is 2.23. The number of rotatable bonds is 1. The highest BCUT2D eigenvalue weighted by atomic mass is 16.6. The number of anilines is 2. The minimum Gasteiger partial charge on any atom is -0.410 e. The Labute approximate surface area is 118 Å². The molecule has 2 aromatic carbocycles. The Morgan fingerprint density at radius 2 is 1.90 bits per heavy atom. The molecule has 4 nitrogen and oxygen atoms in total. The first-order valence-electron chi connectivity index (χ1n) is 6.63. The Bertz CT molecular complexity index is 623. The number of benzene rings is 2. The summed E-state index contributed by atoms with van der Waals surface area (Å²) < 4.78 is 5.42. The highest BCUT2D eigenvalue weighted by molar-refractivity contribution is 5.94. The first-order valence-corrected chi connectivity index (χ1v) is 6.63. The van der Waals surface area contributed by atoms with Gasteiger partial charge < -0.3 is 10.1 Å². The van der Waals surface area contributed by atoms with Crippen molar-refractivity contribution < 1.29 is 9.53 Å². The Morgan fingerprint density at radius 3 is 2.70 bits per heavy atom. The van der Waals surface area contributed by atoms with Crippen LogP contribution in [0.2, 0.25) is 0 Å². The molecule has 102 valence electrons. The molecule has 1 aliphatic heterocycles. The van der Waals surface area contributed by atoms with E-state index in [1.165, 1.54) is 0 Å². The summed E-state index contributed by atoms with van der Waals surface area (Å²) in [6, 6.07) is 15.2. The van der Waals surface area contributed by atoms with Crippen LogP contribution in [0.4, 0.5) is 16.2 Å². The second kappa shape index (κ2) is 5.25. The Hall–Kier alpha value is -2.49. The number of amides is 1. The van der Waals surface area contributed by atoms with E-state index in [2.05, 4.69) is 5.32 Å². The van der Waals surface area contributed by atoms with Crippen molar-refractivity contribution in [3.05, 3.63) is 54.1 Å². The first kappa shape index (κ1) is 12.5. The third-order valence-corrected chi connectivity index (χ3v) is 3.29. The second-order valence-corrected chi connectivity index (χ2v) is 4.78. The van der Waals surface area contributed by atoms with Crippen molar-refractivity contribution in [3.8, 4) is 5.75 Å². The molecular weight excluding hydrogens is 252 g/mol. The normalized spacial score (nSPS) is 13.3. The number of hydrogen-bond acceptors (Lipinski definition) is 3. The summed E-state index contributed by atoms with van der Waals surface area (Å²) in [5.74, 6) is 0.566. The molecule has 1 aliphatic rings. The van der Waals surface area contributed by atoms with Crippen molar-refractivity contribution in [2.45, 2.75) is 6.92 Å². The molecule has 4 heteroatoms. The molecule has 0 bridgehead atoms. The highest BCUT2D eigenvalue weighted by Gasteiger charge is 2.23. The fraction of sp³-hybridized carbons (Fsp3) is 0.188. The number of aryl methyl sites for hydroxylation is 1. The van der Waals surface area contributed by atoms with E-state index in [4.69, 9.17) is 4.74 Å². The van der Waals surface area contributed by atoms with Gasteiger partial charge in [-0.05, 0) is 31.2 Å². The molecule has 0 spiro atoms. The highest BCUT2D eigenvalue weighted by Crippen LogP contribution is 2.29. The zero-order valence-corrected chi connectivity index (χ0v) is 11.3. The fourth-order valence-corrected chi connectivity index (χ4v) is 2.23. The smallest absolute Gasteiger partial charge is 0.410 e. The average Bonchev–Trinajstić information content (AvgIpc) is 2.49.